The predicted molar refractivity (Wildman–Crippen MR) is 97.3 cm³/mol. The second-order valence-electron chi connectivity index (χ2n) is 7.07. The Labute approximate surface area is 151 Å². The first-order chi connectivity index (χ1) is 11.9. The van der Waals surface area contributed by atoms with Gasteiger partial charge in [0, 0.05) is 6.54 Å². The molecule has 1 heterocycles. The van der Waals surface area contributed by atoms with Crippen LogP contribution in [-0.2, 0) is 4.79 Å². The minimum Gasteiger partial charge on any atom is -0.478 e. The number of carboxylic acids is 1. The first kappa shape index (κ1) is 17.7. The Morgan fingerprint density at radius 2 is 1.84 bits per heavy atom. The van der Waals surface area contributed by atoms with Gasteiger partial charge in [-0.2, -0.15) is 0 Å². The van der Waals surface area contributed by atoms with Crippen LogP contribution in [0.4, 0.5) is 4.79 Å². The van der Waals surface area contributed by atoms with Gasteiger partial charge in [-0.25, -0.2) is 4.79 Å². The van der Waals surface area contributed by atoms with E-state index < -0.39 is 5.97 Å². The van der Waals surface area contributed by atoms with Crippen LogP contribution in [0.3, 0.4) is 0 Å². The fourth-order valence-electron chi connectivity index (χ4n) is 3.45. The summed E-state index contributed by atoms with van der Waals surface area (Å²) in [6.45, 7) is 2.64. The Balaban J connectivity index is 1.75. The first-order valence-electron chi connectivity index (χ1n) is 8.47. The molecule has 0 spiro atoms. The normalized spacial score (nSPS) is 21.8. The van der Waals surface area contributed by atoms with Crippen LogP contribution in [0.25, 0.3) is 6.08 Å². The summed E-state index contributed by atoms with van der Waals surface area (Å²) in [4.78, 5) is 37.6. The first-order valence-corrected chi connectivity index (χ1v) is 9.28. The Kier molecular flexibility index (Phi) is 4.99. The second kappa shape index (κ2) is 7.04. The van der Waals surface area contributed by atoms with Crippen LogP contribution >= 0.6 is 11.8 Å². The Bertz CT molecular complexity index is 732. The molecule has 2 amide bonds. The van der Waals surface area contributed by atoms with Gasteiger partial charge in [-0.3, -0.25) is 14.5 Å². The van der Waals surface area contributed by atoms with Gasteiger partial charge in [0.15, 0.2) is 0 Å². The maximum atomic E-state index is 12.6. The molecular weight excluding hydrogens is 338 g/mol. The van der Waals surface area contributed by atoms with E-state index in [4.69, 9.17) is 5.11 Å². The van der Waals surface area contributed by atoms with Gasteiger partial charge in [0.05, 0.1) is 10.5 Å². The van der Waals surface area contributed by atoms with Gasteiger partial charge in [-0.05, 0) is 53.8 Å². The molecule has 1 saturated carbocycles. The number of imide groups is 1. The molecule has 1 N–H and O–H groups in total. The monoisotopic (exact) mass is 359 g/mol. The lowest BCUT2D eigenvalue weighted by molar-refractivity contribution is -0.124. The lowest BCUT2D eigenvalue weighted by Crippen LogP contribution is -2.39. The lowest BCUT2D eigenvalue weighted by Gasteiger charge is -2.35. The smallest absolute Gasteiger partial charge is 0.335 e. The van der Waals surface area contributed by atoms with Crippen molar-refractivity contribution in [2.45, 2.75) is 39.0 Å². The molecule has 0 bridgehead atoms. The molecule has 3 rings (SSSR count). The van der Waals surface area contributed by atoms with Gasteiger partial charge >= 0.3 is 5.97 Å². The van der Waals surface area contributed by atoms with Gasteiger partial charge in [0.2, 0.25) is 0 Å². The van der Waals surface area contributed by atoms with E-state index in [1.807, 2.05) is 0 Å². The summed E-state index contributed by atoms with van der Waals surface area (Å²) in [5, 5.41) is 8.71. The number of carboxylic acid groups (broad SMARTS) is 1. The van der Waals surface area contributed by atoms with E-state index in [9.17, 15) is 14.4 Å². The quantitative estimate of drug-likeness (QED) is 0.807. The second-order valence-corrected chi connectivity index (χ2v) is 8.06. The van der Waals surface area contributed by atoms with E-state index in [0.717, 1.165) is 37.4 Å². The molecule has 0 aromatic heterocycles. The number of benzene rings is 1. The third-order valence-corrected chi connectivity index (χ3v) is 5.84. The van der Waals surface area contributed by atoms with E-state index in [2.05, 4.69) is 6.92 Å². The molecule has 2 fully saturated rings. The highest BCUT2D eigenvalue weighted by molar-refractivity contribution is 8.18. The standard InChI is InChI=1S/C19H21NO4S/c1-19(9-3-2-4-10-19)12-20-16(21)15(25-18(20)24)11-13-5-7-14(8-6-13)17(22)23/h5-8,11H,2-4,9-10,12H2,1H3,(H,22,23). The molecule has 1 aromatic carbocycles. The molecule has 25 heavy (non-hydrogen) atoms. The molecular formula is C19H21NO4S. The van der Waals surface area contributed by atoms with Crippen LogP contribution in [-0.4, -0.2) is 33.7 Å². The summed E-state index contributed by atoms with van der Waals surface area (Å²) < 4.78 is 0. The van der Waals surface area contributed by atoms with Crippen molar-refractivity contribution in [3.63, 3.8) is 0 Å². The van der Waals surface area contributed by atoms with Crippen molar-refractivity contribution in [1.29, 1.82) is 0 Å². The van der Waals surface area contributed by atoms with Gasteiger partial charge < -0.3 is 5.11 Å². The number of carbonyl (C=O) groups is 3. The van der Waals surface area contributed by atoms with Crippen LogP contribution in [0.1, 0.15) is 54.9 Å². The Morgan fingerprint density at radius 1 is 1.20 bits per heavy atom. The number of thioether (sulfide) groups is 1. The minimum atomic E-state index is -0.993. The van der Waals surface area contributed by atoms with Gasteiger partial charge in [-0.1, -0.05) is 38.3 Å². The highest BCUT2D eigenvalue weighted by Crippen LogP contribution is 2.40. The molecule has 6 heteroatoms. The summed E-state index contributed by atoms with van der Waals surface area (Å²) >= 11 is 0.957. The number of rotatable bonds is 4. The summed E-state index contributed by atoms with van der Waals surface area (Å²) in [7, 11) is 0. The fraction of sp³-hybridized carbons (Fsp3) is 0.421. The molecule has 0 atom stereocenters. The molecule has 1 saturated heterocycles. The van der Waals surface area contributed by atoms with Gasteiger partial charge in [0.25, 0.3) is 11.1 Å². The molecule has 132 valence electrons. The van der Waals surface area contributed by atoms with Crippen molar-refractivity contribution in [3.8, 4) is 0 Å². The minimum absolute atomic E-state index is 0.0166. The van der Waals surface area contributed by atoms with Crippen molar-refractivity contribution < 1.29 is 19.5 Å². The van der Waals surface area contributed by atoms with Crippen molar-refractivity contribution >= 4 is 35.0 Å². The number of aromatic carboxylic acids is 1. The number of hydrogen-bond donors (Lipinski definition) is 1. The average Bonchev–Trinajstić information content (AvgIpc) is 2.83. The zero-order valence-corrected chi connectivity index (χ0v) is 15.0. The summed E-state index contributed by atoms with van der Waals surface area (Å²) in [6.07, 6.45) is 7.27. The molecule has 2 aliphatic rings. The highest BCUT2D eigenvalue weighted by Gasteiger charge is 2.40. The van der Waals surface area contributed by atoms with E-state index in [1.165, 1.54) is 23.5 Å². The largest absolute Gasteiger partial charge is 0.478 e. The summed E-state index contributed by atoms with van der Waals surface area (Å²) in [6, 6.07) is 6.25. The molecule has 1 aromatic rings. The maximum Gasteiger partial charge on any atom is 0.335 e. The zero-order chi connectivity index (χ0) is 18.0. The fourth-order valence-corrected chi connectivity index (χ4v) is 4.29. The maximum absolute atomic E-state index is 12.6. The highest BCUT2D eigenvalue weighted by atomic mass is 32.2. The predicted octanol–water partition coefficient (Wildman–Crippen LogP) is 4.39. The number of carbonyl (C=O) groups excluding carboxylic acids is 2. The van der Waals surface area contributed by atoms with E-state index in [1.54, 1.807) is 18.2 Å². The SMILES string of the molecule is CC1(CN2C(=O)SC(=Cc3ccc(C(=O)O)cc3)C2=O)CCCCC1. The van der Waals surface area contributed by atoms with Gasteiger partial charge in [0.1, 0.15) is 0 Å². The molecule has 1 aliphatic heterocycles. The number of amides is 2. The number of hydrogen-bond acceptors (Lipinski definition) is 4. The summed E-state index contributed by atoms with van der Waals surface area (Å²) in [5.41, 5.74) is 0.915. The molecule has 0 unspecified atom stereocenters. The van der Waals surface area contributed by atoms with Crippen molar-refractivity contribution in [3.05, 3.63) is 40.3 Å². The molecule has 5 nitrogen and oxygen atoms in total. The number of nitrogens with zero attached hydrogens (tertiary/aromatic N) is 1. The van der Waals surface area contributed by atoms with Crippen LogP contribution in [0.15, 0.2) is 29.2 Å². The average molecular weight is 359 g/mol. The molecule has 1 aliphatic carbocycles. The van der Waals surface area contributed by atoms with Gasteiger partial charge in [-0.15, -0.1) is 0 Å². The Hall–Kier alpha value is -2.08. The summed E-state index contributed by atoms with van der Waals surface area (Å²) in [5.74, 6) is -1.24. The zero-order valence-electron chi connectivity index (χ0n) is 14.2. The van der Waals surface area contributed by atoms with Crippen molar-refractivity contribution in [2.75, 3.05) is 6.54 Å². The van der Waals surface area contributed by atoms with E-state index in [0.29, 0.717) is 17.0 Å². The van der Waals surface area contributed by atoms with E-state index >= 15 is 0 Å². The van der Waals surface area contributed by atoms with Crippen molar-refractivity contribution in [2.24, 2.45) is 5.41 Å². The van der Waals surface area contributed by atoms with Crippen LogP contribution in [0, 0.1) is 5.41 Å². The lowest BCUT2D eigenvalue weighted by atomic mass is 9.75. The van der Waals surface area contributed by atoms with E-state index in [-0.39, 0.29) is 22.1 Å². The molecule has 0 radical (unpaired) electrons. The van der Waals surface area contributed by atoms with Crippen LogP contribution < -0.4 is 0 Å². The third-order valence-electron chi connectivity index (χ3n) is 4.93. The van der Waals surface area contributed by atoms with Crippen molar-refractivity contribution in [1.82, 2.24) is 4.90 Å². The van der Waals surface area contributed by atoms with Crippen LogP contribution in [0.2, 0.25) is 0 Å². The topological polar surface area (TPSA) is 74.7 Å². The third kappa shape index (κ3) is 3.95. The van der Waals surface area contributed by atoms with Crippen LogP contribution in [0.5, 0.6) is 0 Å². The Morgan fingerprint density at radius 3 is 2.44 bits per heavy atom.